The smallest absolute Gasteiger partial charge is 0.323 e. The van der Waals surface area contributed by atoms with E-state index in [4.69, 9.17) is 4.74 Å². The van der Waals surface area contributed by atoms with Gasteiger partial charge < -0.3 is 15.2 Å². The van der Waals surface area contributed by atoms with Crippen molar-refractivity contribution in [1.82, 2.24) is 5.32 Å². The highest BCUT2D eigenvalue weighted by atomic mass is 16.6. The summed E-state index contributed by atoms with van der Waals surface area (Å²) in [5, 5.41) is 13.0. The van der Waals surface area contributed by atoms with Gasteiger partial charge in [-0.25, -0.2) is 0 Å². The van der Waals surface area contributed by atoms with Crippen LogP contribution in [-0.4, -0.2) is 35.4 Å². The van der Waals surface area contributed by atoms with Crippen LogP contribution in [0.1, 0.15) is 53.4 Å². The van der Waals surface area contributed by atoms with Gasteiger partial charge in [0, 0.05) is 6.54 Å². The van der Waals surface area contributed by atoms with Gasteiger partial charge in [0.25, 0.3) is 0 Å². The van der Waals surface area contributed by atoms with E-state index in [1.807, 2.05) is 27.7 Å². The van der Waals surface area contributed by atoms with Crippen LogP contribution < -0.4 is 5.32 Å². The maximum atomic E-state index is 11.8. The quantitative estimate of drug-likeness (QED) is 0.755. The van der Waals surface area contributed by atoms with Crippen LogP contribution in [0.25, 0.3) is 0 Å². The Morgan fingerprint density at radius 1 is 1.39 bits per heavy atom. The van der Waals surface area contributed by atoms with Crippen LogP contribution in [0.5, 0.6) is 0 Å². The zero-order chi connectivity index (χ0) is 13.8. The molecule has 4 heteroatoms. The third-order valence-corrected chi connectivity index (χ3v) is 3.32. The summed E-state index contributed by atoms with van der Waals surface area (Å²) in [7, 11) is 0. The van der Waals surface area contributed by atoms with Crippen LogP contribution in [0.15, 0.2) is 0 Å². The molecule has 0 radical (unpaired) electrons. The standard InChI is InChI=1S/C14H27NO3/c1-10(13(17)18-14(2,3)4)15-9-11-7-5-6-8-12(11)16/h10-12,15-16H,5-9H2,1-4H3. The highest BCUT2D eigenvalue weighted by Gasteiger charge is 2.26. The first-order valence-corrected chi connectivity index (χ1v) is 6.94. The molecule has 1 aliphatic rings. The number of ether oxygens (including phenoxy) is 1. The van der Waals surface area contributed by atoms with Crippen molar-refractivity contribution in [3.05, 3.63) is 0 Å². The minimum Gasteiger partial charge on any atom is -0.459 e. The SMILES string of the molecule is CC(NCC1CCCCC1O)C(=O)OC(C)(C)C. The monoisotopic (exact) mass is 257 g/mol. The van der Waals surface area contributed by atoms with Gasteiger partial charge in [0.2, 0.25) is 0 Å². The Labute approximate surface area is 110 Å². The van der Waals surface area contributed by atoms with E-state index in [1.54, 1.807) is 0 Å². The van der Waals surface area contributed by atoms with E-state index in [0.717, 1.165) is 19.3 Å². The van der Waals surface area contributed by atoms with Gasteiger partial charge in [-0.15, -0.1) is 0 Å². The molecule has 0 aliphatic heterocycles. The zero-order valence-corrected chi connectivity index (χ0v) is 12.0. The molecule has 3 atom stereocenters. The Morgan fingerprint density at radius 3 is 2.56 bits per heavy atom. The Morgan fingerprint density at radius 2 is 2.00 bits per heavy atom. The van der Waals surface area contributed by atoms with Gasteiger partial charge in [-0.05, 0) is 46.5 Å². The van der Waals surface area contributed by atoms with Gasteiger partial charge >= 0.3 is 5.97 Å². The highest BCUT2D eigenvalue weighted by molar-refractivity contribution is 5.75. The molecule has 0 aromatic heterocycles. The molecular weight excluding hydrogens is 230 g/mol. The number of hydrogen-bond donors (Lipinski definition) is 2. The number of carbonyl (C=O) groups is 1. The number of aliphatic hydroxyl groups is 1. The molecule has 1 rings (SSSR count). The Hall–Kier alpha value is -0.610. The first-order chi connectivity index (χ1) is 8.29. The lowest BCUT2D eigenvalue weighted by atomic mass is 9.86. The Bertz CT molecular complexity index is 273. The van der Waals surface area contributed by atoms with Crippen LogP contribution in [0.2, 0.25) is 0 Å². The second-order valence-corrected chi connectivity index (χ2v) is 6.28. The van der Waals surface area contributed by atoms with Crippen molar-refractivity contribution in [3.63, 3.8) is 0 Å². The molecule has 4 nitrogen and oxygen atoms in total. The average molecular weight is 257 g/mol. The van der Waals surface area contributed by atoms with E-state index >= 15 is 0 Å². The van der Waals surface area contributed by atoms with Crippen LogP contribution in [0.4, 0.5) is 0 Å². The number of rotatable bonds is 4. The summed E-state index contributed by atoms with van der Waals surface area (Å²) in [5.41, 5.74) is -0.447. The molecule has 1 fully saturated rings. The summed E-state index contributed by atoms with van der Waals surface area (Å²) in [6.07, 6.45) is 3.98. The van der Waals surface area contributed by atoms with Gasteiger partial charge in [-0.3, -0.25) is 4.79 Å². The van der Waals surface area contributed by atoms with E-state index in [2.05, 4.69) is 5.32 Å². The van der Waals surface area contributed by atoms with Crippen molar-refractivity contribution in [2.75, 3.05) is 6.54 Å². The highest BCUT2D eigenvalue weighted by Crippen LogP contribution is 2.23. The van der Waals surface area contributed by atoms with Crippen LogP contribution >= 0.6 is 0 Å². The van der Waals surface area contributed by atoms with Crippen molar-refractivity contribution in [2.24, 2.45) is 5.92 Å². The largest absolute Gasteiger partial charge is 0.459 e. The molecule has 3 unspecified atom stereocenters. The molecule has 2 N–H and O–H groups in total. The number of aliphatic hydroxyl groups excluding tert-OH is 1. The topological polar surface area (TPSA) is 58.6 Å². The van der Waals surface area contributed by atoms with E-state index in [-0.39, 0.29) is 24.0 Å². The molecule has 1 aliphatic carbocycles. The molecule has 0 spiro atoms. The molecule has 0 amide bonds. The summed E-state index contributed by atoms with van der Waals surface area (Å²) in [6.45, 7) is 8.08. The van der Waals surface area contributed by atoms with Gasteiger partial charge in [0.05, 0.1) is 6.10 Å². The lowest BCUT2D eigenvalue weighted by Crippen LogP contribution is -2.43. The minimum atomic E-state index is -0.447. The second kappa shape index (κ2) is 6.53. The van der Waals surface area contributed by atoms with Crippen molar-refractivity contribution in [3.8, 4) is 0 Å². The minimum absolute atomic E-state index is 0.225. The molecule has 106 valence electrons. The maximum absolute atomic E-state index is 11.8. The predicted octanol–water partition coefficient (Wildman–Crippen LogP) is 1.86. The Balaban J connectivity index is 2.31. The van der Waals surface area contributed by atoms with Crippen molar-refractivity contribution < 1.29 is 14.6 Å². The number of esters is 1. The lowest BCUT2D eigenvalue weighted by molar-refractivity contribution is -0.157. The van der Waals surface area contributed by atoms with Crippen LogP contribution in [0, 0.1) is 5.92 Å². The van der Waals surface area contributed by atoms with Gasteiger partial charge in [0.1, 0.15) is 11.6 Å². The van der Waals surface area contributed by atoms with E-state index in [1.165, 1.54) is 6.42 Å². The predicted molar refractivity (Wildman–Crippen MR) is 71.3 cm³/mol. The molecule has 1 saturated carbocycles. The fraction of sp³-hybridized carbons (Fsp3) is 0.929. The third-order valence-electron chi connectivity index (χ3n) is 3.32. The summed E-state index contributed by atoms with van der Waals surface area (Å²) in [4.78, 5) is 11.8. The van der Waals surface area contributed by atoms with Crippen LogP contribution in [0.3, 0.4) is 0 Å². The Kier molecular flexibility index (Phi) is 5.60. The van der Waals surface area contributed by atoms with Gasteiger partial charge in [0.15, 0.2) is 0 Å². The molecule has 0 bridgehead atoms. The average Bonchev–Trinajstić information content (AvgIpc) is 2.25. The molecule has 0 heterocycles. The zero-order valence-electron chi connectivity index (χ0n) is 12.0. The van der Waals surface area contributed by atoms with Crippen molar-refractivity contribution in [2.45, 2.75) is 71.1 Å². The van der Waals surface area contributed by atoms with Crippen molar-refractivity contribution in [1.29, 1.82) is 0 Å². The lowest BCUT2D eigenvalue weighted by Gasteiger charge is -2.29. The van der Waals surface area contributed by atoms with E-state index in [0.29, 0.717) is 6.54 Å². The first-order valence-electron chi connectivity index (χ1n) is 6.94. The summed E-state index contributed by atoms with van der Waals surface area (Å²) < 4.78 is 5.30. The molecule has 18 heavy (non-hydrogen) atoms. The first kappa shape index (κ1) is 15.4. The summed E-state index contributed by atoms with van der Waals surface area (Å²) in [5.74, 6) is 0.0384. The third kappa shape index (κ3) is 5.36. The number of hydrogen-bond acceptors (Lipinski definition) is 4. The summed E-state index contributed by atoms with van der Waals surface area (Å²) in [6, 6.07) is -0.321. The second-order valence-electron chi connectivity index (χ2n) is 6.28. The molecule has 0 aromatic carbocycles. The van der Waals surface area contributed by atoms with E-state index in [9.17, 15) is 9.90 Å². The fourth-order valence-electron chi connectivity index (χ4n) is 2.23. The normalized spacial score (nSPS) is 26.7. The number of carbonyl (C=O) groups excluding carboxylic acids is 1. The maximum Gasteiger partial charge on any atom is 0.323 e. The fourth-order valence-corrected chi connectivity index (χ4v) is 2.23. The molecule has 0 aromatic rings. The number of nitrogens with one attached hydrogen (secondary N) is 1. The van der Waals surface area contributed by atoms with Gasteiger partial charge in [-0.2, -0.15) is 0 Å². The molecule has 0 saturated heterocycles. The van der Waals surface area contributed by atoms with Gasteiger partial charge in [-0.1, -0.05) is 12.8 Å². The molecular formula is C14H27NO3. The summed E-state index contributed by atoms with van der Waals surface area (Å²) >= 11 is 0. The van der Waals surface area contributed by atoms with E-state index < -0.39 is 5.60 Å². The van der Waals surface area contributed by atoms with Crippen LogP contribution in [-0.2, 0) is 9.53 Å². The van der Waals surface area contributed by atoms with Crippen molar-refractivity contribution >= 4 is 5.97 Å².